The summed E-state index contributed by atoms with van der Waals surface area (Å²) in [6.07, 6.45) is 6.06. The fourth-order valence-electron chi connectivity index (χ4n) is 3.17. The van der Waals surface area contributed by atoms with Crippen LogP contribution < -0.4 is 0 Å². The van der Waals surface area contributed by atoms with E-state index in [4.69, 9.17) is 21.1 Å². The van der Waals surface area contributed by atoms with Crippen LogP contribution in [0, 0.1) is 0 Å². The highest BCUT2D eigenvalue weighted by atomic mass is 35.5. The van der Waals surface area contributed by atoms with Gasteiger partial charge in [0.15, 0.2) is 0 Å². The minimum atomic E-state index is -0.487. The topological polar surface area (TPSA) is 35.5 Å². The Kier molecular flexibility index (Phi) is 4.51. The largest absolute Gasteiger partial charge is 0.462 e. The number of rotatable bonds is 4. The van der Waals surface area contributed by atoms with Crippen LogP contribution in [0.2, 0.25) is 5.02 Å². The van der Waals surface area contributed by atoms with Crippen molar-refractivity contribution in [3.63, 3.8) is 0 Å². The SMILES string of the molecule is O=C(OCC1CCCCO1)C1(c2cccc(Cl)c2)CCC1. The Balaban J connectivity index is 1.66. The lowest BCUT2D eigenvalue weighted by Gasteiger charge is -2.40. The number of carbonyl (C=O) groups excluding carboxylic acids is 1. The average Bonchev–Trinajstić information content (AvgIpc) is 2.45. The molecule has 21 heavy (non-hydrogen) atoms. The number of hydrogen-bond acceptors (Lipinski definition) is 3. The molecule has 3 nitrogen and oxygen atoms in total. The van der Waals surface area contributed by atoms with Crippen molar-refractivity contribution in [3.05, 3.63) is 34.9 Å². The molecule has 0 bridgehead atoms. The third kappa shape index (κ3) is 3.09. The van der Waals surface area contributed by atoms with Crippen molar-refractivity contribution in [1.29, 1.82) is 0 Å². The Morgan fingerprint density at radius 2 is 2.19 bits per heavy atom. The second kappa shape index (κ2) is 6.37. The second-order valence-corrected chi connectivity index (χ2v) is 6.47. The minimum Gasteiger partial charge on any atom is -0.462 e. The molecule has 1 aliphatic heterocycles. The van der Waals surface area contributed by atoms with Gasteiger partial charge in [0.05, 0.1) is 11.5 Å². The molecule has 1 atom stereocenters. The third-order valence-electron chi connectivity index (χ3n) is 4.65. The van der Waals surface area contributed by atoms with Gasteiger partial charge in [-0.3, -0.25) is 4.79 Å². The highest BCUT2D eigenvalue weighted by Gasteiger charge is 2.47. The van der Waals surface area contributed by atoms with Gasteiger partial charge in [-0.1, -0.05) is 30.2 Å². The van der Waals surface area contributed by atoms with Crippen molar-refractivity contribution in [3.8, 4) is 0 Å². The zero-order valence-electron chi connectivity index (χ0n) is 12.1. The van der Waals surface area contributed by atoms with Crippen molar-refractivity contribution in [2.45, 2.75) is 50.0 Å². The molecular formula is C17H21ClO3. The van der Waals surface area contributed by atoms with E-state index in [0.717, 1.165) is 50.7 Å². The summed E-state index contributed by atoms with van der Waals surface area (Å²) in [5.74, 6) is -0.120. The minimum absolute atomic E-state index is 0.0687. The first kappa shape index (κ1) is 14.9. The van der Waals surface area contributed by atoms with Crippen LogP contribution in [0.1, 0.15) is 44.1 Å². The first-order valence-corrected chi connectivity index (χ1v) is 8.13. The maximum atomic E-state index is 12.6. The molecule has 0 radical (unpaired) electrons. The number of benzene rings is 1. The van der Waals surface area contributed by atoms with Crippen LogP contribution in [0.3, 0.4) is 0 Å². The maximum Gasteiger partial charge on any atom is 0.316 e. The predicted molar refractivity (Wildman–Crippen MR) is 81.5 cm³/mol. The zero-order chi connectivity index (χ0) is 14.7. The molecule has 1 unspecified atom stereocenters. The van der Waals surface area contributed by atoms with E-state index in [1.807, 2.05) is 24.3 Å². The smallest absolute Gasteiger partial charge is 0.316 e. The van der Waals surface area contributed by atoms with Gasteiger partial charge in [-0.05, 0) is 49.8 Å². The number of carbonyl (C=O) groups is 1. The van der Waals surface area contributed by atoms with Crippen LogP contribution >= 0.6 is 11.6 Å². The van der Waals surface area contributed by atoms with E-state index >= 15 is 0 Å². The Morgan fingerprint density at radius 1 is 1.33 bits per heavy atom. The average molecular weight is 309 g/mol. The molecule has 1 heterocycles. The molecule has 2 aliphatic rings. The van der Waals surface area contributed by atoms with Crippen molar-refractivity contribution in [2.75, 3.05) is 13.2 Å². The summed E-state index contributed by atoms with van der Waals surface area (Å²) >= 11 is 6.06. The van der Waals surface area contributed by atoms with Gasteiger partial charge < -0.3 is 9.47 Å². The van der Waals surface area contributed by atoms with E-state index in [1.54, 1.807) is 0 Å². The molecule has 4 heteroatoms. The molecule has 2 fully saturated rings. The van der Waals surface area contributed by atoms with E-state index in [9.17, 15) is 4.79 Å². The summed E-state index contributed by atoms with van der Waals surface area (Å²) in [5, 5.41) is 0.669. The van der Waals surface area contributed by atoms with Crippen molar-refractivity contribution in [2.24, 2.45) is 0 Å². The summed E-state index contributed by atoms with van der Waals surface area (Å²) in [7, 11) is 0. The van der Waals surface area contributed by atoms with Gasteiger partial charge in [-0.15, -0.1) is 0 Å². The van der Waals surface area contributed by atoms with Crippen LogP contribution in [-0.2, 0) is 19.7 Å². The summed E-state index contributed by atoms with van der Waals surface area (Å²) in [6, 6.07) is 7.59. The molecule has 114 valence electrons. The summed E-state index contributed by atoms with van der Waals surface area (Å²) in [5.41, 5.74) is 0.496. The van der Waals surface area contributed by atoms with E-state index < -0.39 is 5.41 Å². The van der Waals surface area contributed by atoms with Crippen LogP contribution in [0.25, 0.3) is 0 Å². The highest BCUT2D eigenvalue weighted by molar-refractivity contribution is 6.30. The van der Waals surface area contributed by atoms with Gasteiger partial charge >= 0.3 is 5.97 Å². The zero-order valence-corrected chi connectivity index (χ0v) is 12.9. The fourth-order valence-corrected chi connectivity index (χ4v) is 3.36. The van der Waals surface area contributed by atoms with Crippen molar-refractivity contribution < 1.29 is 14.3 Å². The normalized spacial score (nSPS) is 24.1. The van der Waals surface area contributed by atoms with Crippen LogP contribution in [0.4, 0.5) is 0 Å². The van der Waals surface area contributed by atoms with Crippen molar-refractivity contribution in [1.82, 2.24) is 0 Å². The molecule has 0 amide bonds. The van der Waals surface area contributed by atoms with Crippen LogP contribution in [-0.4, -0.2) is 25.3 Å². The Hall–Kier alpha value is -1.06. The van der Waals surface area contributed by atoms with E-state index in [2.05, 4.69) is 0 Å². The van der Waals surface area contributed by atoms with E-state index in [-0.39, 0.29) is 12.1 Å². The molecule has 3 rings (SSSR count). The number of hydrogen-bond donors (Lipinski definition) is 0. The number of ether oxygens (including phenoxy) is 2. The molecule has 0 aromatic heterocycles. The Labute approximate surface area is 130 Å². The Bertz CT molecular complexity index is 505. The lowest BCUT2D eigenvalue weighted by molar-refractivity contribution is -0.159. The molecular weight excluding hydrogens is 288 g/mol. The molecule has 0 N–H and O–H groups in total. The first-order valence-electron chi connectivity index (χ1n) is 7.76. The van der Waals surface area contributed by atoms with Crippen molar-refractivity contribution >= 4 is 17.6 Å². The van der Waals surface area contributed by atoms with Crippen LogP contribution in [0.5, 0.6) is 0 Å². The molecule has 0 spiro atoms. The standard InChI is InChI=1S/C17H21ClO3/c18-14-6-3-5-13(11-14)17(8-4-9-17)16(19)21-12-15-7-1-2-10-20-15/h3,5-6,11,15H,1-2,4,7-10,12H2. The van der Waals surface area contributed by atoms with E-state index in [1.165, 1.54) is 0 Å². The first-order chi connectivity index (χ1) is 10.2. The molecule has 1 aromatic carbocycles. The second-order valence-electron chi connectivity index (χ2n) is 6.03. The quantitative estimate of drug-likeness (QED) is 0.792. The van der Waals surface area contributed by atoms with E-state index in [0.29, 0.717) is 11.6 Å². The van der Waals surface area contributed by atoms with Gasteiger partial charge in [0.2, 0.25) is 0 Å². The predicted octanol–water partition coefficient (Wildman–Crippen LogP) is 3.87. The fraction of sp³-hybridized carbons (Fsp3) is 0.588. The number of halogens is 1. The van der Waals surface area contributed by atoms with Gasteiger partial charge in [-0.2, -0.15) is 0 Å². The monoisotopic (exact) mass is 308 g/mol. The number of esters is 1. The third-order valence-corrected chi connectivity index (χ3v) is 4.88. The molecule has 1 saturated carbocycles. The lowest BCUT2D eigenvalue weighted by atomic mass is 9.64. The van der Waals surface area contributed by atoms with Gasteiger partial charge in [0.25, 0.3) is 0 Å². The molecule has 1 aromatic rings. The Morgan fingerprint density at radius 3 is 2.81 bits per heavy atom. The van der Waals surface area contributed by atoms with Crippen LogP contribution in [0.15, 0.2) is 24.3 Å². The lowest BCUT2D eigenvalue weighted by Crippen LogP contribution is -2.44. The van der Waals surface area contributed by atoms with Gasteiger partial charge in [0.1, 0.15) is 6.61 Å². The maximum absolute atomic E-state index is 12.6. The molecule has 1 saturated heterocycles. The highest BCUT2D eigenvalue weighted by Crippen LogP contribution is 2.45. The summed E-state index contributed by atoms with van der Waals surface area (Å²) in [6.45, 7) is 1.16. The molecule has 1 aliphatic carbocycles. The van der Waals surface area contributed by atoms with Gasteiger partial charge in [0, 0.05) is 11.6 Å². The van der Waals surface area contributed by atoms with Gasteiger partial charge in [-0.25, -0.2) is 0 Å². The summed E-state index contributed by atoms with van der Waals surface area (Å²) < 4.78 is 11.2. The summed E-state index contributed by atoms with van der Waals surface area (Å²) in [4.78, 5) is 12.6.